The maximum atomic E-state index is 13.1. The van der Waals surface area contributed by atoms with Crippen molar-refractivity contribution < 1.29 is 9.53 Å². The molecule has 0 saturated carbocycles. The van der Waals surface area contributed by atoms with Crippen molar-refractivity contribution >= 4 is 17.7 Å². The number of thioether (sulfide) groups is 1. The average molecular weight is 465 g/mol. The molecule has 0 spiro atoms. The number of aromatic nitrogens is 3. The van der Waals surface area contributed by atoms with Gasteiger partial charge in [-0.1, -0.05) is 54.9 Å². The van der Waals surface area contributed by atoms with Crippen molar-refractivity contribution in [3.63, 3.8) is 0 Å². The highest BCUT2D eigenvalue weighted by molar-refractivity contribution is 8.00. The summed E-state index contributed by atoms with van der Waals surface area (Å²) in [7, 11) is 1.66. The Balaban J connectivity index is 1.56. The van der Waals surface area contributed by atoms with Crippen molar-refractivity contribution in [1.82, 2.24) is 19.7 Å². The lowest BCUT2D eigenvalue weighted by Gasteiger charge is -2.23. The Morgan fingerprint density at radius 1 is 1.00 bits per heavy atom. The second-order valence-corrected chi connectivity index (χ2v) is 9.73. The minimum atomic E-state index is -0.202. The maximum absolute atomic E-state index is 13.1. The summed E-state index contributed by atoms with van der Waals surface area (Å²) in [6.07, 6.45) is 5.48. The van der Waals surface area contributed by atoms with E-state index in [1.807, 2.05) is 42.2 Å². The van der Waals surface area contributed by atoms with Gasteiger partial charge < -0.3 is 14.2 Å². The second-order valence-electron chi connectivity index (χ2n) is 8.42. The molecule has 1 amide bonds. The number of likely N-dealkylation sites (tertiary alicyclic amines) is 1. The van der Waals surface area contributed by atoms with Gasteiger partial charge in [0, 0.05) is 25.2 Å². The largest absolute Gasteiger partial charge is 0.497 e. The first kappa shape index (κ1) is 23.4. The van der Waals surface area contributed by atoms with E-state index in [-0.39, 0.29) is 11.2 Å². The van der Waals surface area contributed by atoms with Crippen LogP contribution in [0.4, 0.5) is 0 Å². The van der Waals surface area contributed by atoms with E-state index in [1.54, 1.807) is 7.11 Å². The van der Waals surface area contributed by atoms with Crippen molar-refractivity contribution in [2.24, 2.45) is 0 Å². The van der Waals surface area contributed by atoms with Crippen LogP contribution in [0.25, 0.3) is 11.4 Å². The lowest BCUT2D eigenvalue weighted by molar-refractivity contribution is -0.130. The molecule has 1 aliphatic rings. The molecule has 1 saturated heterocycles. The van der Waals surface area contributed by atoms with Gasteiger partial charge in [0.25, 0.3) is 0 Å². The number of carbonyl (C=O) groups excluding carboxylic acids is 1. The summed E-state index contributed by atoms with van der Waals surface area (Å²) in [5, 5.41) is 9.61. The van der Waals surface area contributed by atoms with Crippen LogP contribution >= 0.6 is 11.8 Å². The topological polar surface area (TPSA) is 60.3 Å². The molecule has 33 heavy (non-hydrogen) atoms. The first-order valence-corrected chi connectivity index (χ1v) is 12.6. The van der Waals surface area contributed by atoms with Crippen molar-refractivity contribution in [3.05, 3.63) is 60.2 Å². The van der Waals surface area contributed by atoms with Gasteiger partial charge >= 0.3 is 0 Å². The number of amides is 1. The van der Waals surface area contributed by atoms with E-state index in [4.69, 9.17) is 4.74 Å². The summed E-state index contributed by atoms with van der Waals surface area (Å²) in [6, 6.07) is 18.3. The molecule has 7 heteroatoms. The zero-order valence-corrected chi connectivity index (χ0v) is 20.3. The molecule has 174 valence electrons. The van der Waals surface area contributed by atoms with Crippen molar-refractivity contribution in [1.29, 1.82) is 0 Å². The molecule has 0 aliphatic carbocycles. The Bertz CT molecular complexity index is 1030. The van der Waals surface area contributed by atoms with Crippen LogP contribution in [-0.4, -0.2) is 51.0 Å². The number of carbonyl (C=O) groups is 1. The highest BCUT2D eigenvalue weighted by Gasteiger charge is 2.25. The van der Waals surface area contributed by atoms with Gasteiger partial charge in [0.1, 0.15) is 5.75 Å². The summed E-state index contributed by atoms with van der Waals surface area (Å²) >= 11 is 1.51. The molecule has 0 bridgehead atoms. The molecular weight excluding hydrogens is 432 g/mol. The summed E-state index contributed by atoms with van der Waals surface area (Å²) in [5.41, 5.74) is 2.24. The number of hydrogen-bond donors (Lipinski definition) is 0. The van der Waals surface area contributed by atoms with Crippen LogP contribution in [0.15, 0.2) is 59.8 Å². The third kappa shape index (κ3) is 5.96. The molecule has 2 aromatic carbocycles. The first-order valence-electron chi connectivity index (χ1n) is 11.7. The molecule has 1 aromatic heterocycles. The maximum Gasteiger partial charge on any atom is 0.235 e. The van der Waals surface area contributed by atoms with E-state index in [2.05, 4.69) is 39.0 Å². The Kier molecular flexibility index (Phi) is 8.05. The van der Waals surface area contributed by atoms with Crippen LogP contribution in [-0.2, 0) is 17.8 Å². The van der Waals surface area contributed by atoms with Crippen molar-refractivity contribution in [2.45, 2.75) is 56.0 Å². The summed E-state index contributed by atoms with van der Waals surface area (Å²) < 4.78 is 7.45. The number of hydrogen-bond acceptors (Lipinski definition) is 5. The number of methoxy groups -OCH3 is 1. The van der Waals surface area contributed by atoms with Gasteiger partial charge in [-0.3, -0.25) is 4.79 Å². The fourth-order valence-electron chi connectivity index (χ4n) is 4.17. The monoisotopic (exact) mass is 464 g/mol. The normalized spacial score (nSPS) is 15.2. The van der Waals surface area contributed by atoms with Crippen LogP contribution in [0.2, 0.25) is 0 Å². The van der Waals surface area contributed by atoms with Gasteiger partial charge in [-0.2, -0.15) is 0 Å². The van der Waals surface area contributed by atoms with Crippen LogP contribution < -0.4 is 4.74 Å². The highest BCUT2D eigenvalue weighted by atomic mass is 32.2. The van der Waals surface area contributed by atoms with E-state index in [9.17, 15) is 4.79 Å². The number of benzene rings is 2. The van der Waals surface area contributed by atoms with E-state index in [0.717, 1.165) is 61.2 Å². The zero-order chi connectivity index (χ0) is 23.0. The molecule has 6 nitrogen and oxygen atoms in total. The van der Waals surface area contributed by atoms with Crippen LogP contribution in [0.5, 0.6) is 5.75 Å². The van der Waals surface area contributed by atoms with Crippen molar-refractivity contribution in [2.75, 3.05) is 20.2 Å². The van der Waals surface area contributed by atoms with E-state index < -0.39 is 0 Å². The molecule has 2 heterocycles. The fraction of sp³-hybridized carbons (Fsp3) is 0.423. The molecule has 1 atom stereocenters. The molecule has 1 fully saturated rings. The van der Waals surface area contributed by atoms with Crippen LogP contribution in [0, 0.1) is 0 Å². The summed E-state index contributed by atoms with van der Waals surface area (Å²) in [6.45, 7) is 4.45. The Morgan fingerprint density at radius 2 is 1.70 bits per heavy atom. The predicted octanol–water partition coefficient (Wildman–Crippen LogP) is 5.08. The third-order valence-corrected chi connectivity index (χ3v) is 7.15. The van der Waals surface area contributed by atoms with Gasteiger partial charge in [-0.15, -0.1) is 10.2 Å². The minimum Gasteiger partial charge on any atom is -0.497 e. The van der Waals surface area contributed by atoms with E-state index in [1.165, 1.54) is 30.2 Å². The lowest BCUT2D eigenvalue weighted by atomic mass is 10.1. The fourth-order valence-corrected chi connectivity index (χ4v) is 5.13. The average Bonchev–Trinajstić information content (AvgIpc) is 3.05. The number of nitrogens with zero attached hydrogens (tertiary/aromatic N) is 4. The Morgan fingerprint density at radius 3 is 2.36 bits per heavy atom. The molecule has 1 aliphatic heterocycles. The van der Waals surface area contributed by atoms with Crippen LogP contribution in [0.3, 0.4) is 0 Å². The lowest BCUT2D eigenvalue weighted by Crippen LogP contribution is -2.37. The SMILES string of the molecule is COc1ccc(-c2nnc(SC(C)C(=O)N3CCCCCC3)n2CCc2ccccc2)cc1. The minimum absolute atomic E-state index is 0.200. The summed E-state index contributed by atoms with van der Waals surface area (Å²) in [4.78, 5) is 15.2. The molecular formula is C26H32N4O2S. The van der Waals surface area contributed by atoms with E-state index in [0.29, 0.717) is 0 Å². The first-order chi connectivity index (χ1) is 16.2. The van der Waals surface area contributed by atoms with Gasteiger partial charge in [-0.05, 0) is 56.0 Å². The van der Waals surface area contributed by atoms with Crippen molar-refractivity contribution in [3.8, 4) is 17.1 Å². The number of aryl methyl sites for hydroxylation is 1. The van der Waals surface area contributed by atoms with E-state index >= 15 is 0 Å². The number of rotatable bonds is 8. The summed E-state index contributed by atoms with van der Waals surface area (Å²) in [5.74, 6) is 1.82. The highest BCUT2D eigenvalue weighted by Crippen LogP contribution is 2.29. The van der Waals surface area contributed by atoms with Crippen LogP contribution in [0.1, 0.15) is 38.2 Å². The number of ether oxygens (including phenoxy) is 1. The van der Waals surface area contributed by atoms with Gasteiger partial charge in [-0.25, -0.2) is 0 Å². The Hall–Kier alpha value is -2.80. The third-order valence-electron chi connectivity index (χ3n) is 6.08. The molecule has 0 radical (unpaired) electrons. The smallest absolute Gasteiger partial charge is 0.235 e. The predicted molar refractivity (Wildman–Crippen MR) is 133 cm³/mol. The molecule has 0 N–H and O–H groups in total. The van der Waals surface area contributed by atoms with Gasteiger partial charge in [0.2, 0.25) is 5.91 Å². The second kappa shape index (κ2) is 11.4. The zero-order valence-electron chi connectivity index (χ0n) is 19.4. The van der Waals surface area contributed by atoms with Gasteiger partial charge in [0.05, 0.1) is 12.4 Å². The molecule has 3 aromatic rings. The van der Waals surface area contributed by atoms with Gasteiger partial charge in [0.15, 0.2) is 11.0 Å². The quantitative estimate of drug-likeness (QED) is 0.435. The molecule has 1 unspecified atom stereocenters. The Labute approximate surface area is 200 Å². The molecule has 4 rings (SSSR count). The standard InChI is InChI=1S/C26H32N4O2S/c1-20(25(31)29-17-8-3-4-9-18-29)33-26-28-27-24(22-12-14-23(32-2)15-13-22)30(26)19-16-21-10-6-5-7-11-21/h5-7,10-15,20H,3-4,8-9,16-19H2,1-2H3.